The van der Waals surface area contributed by atoms with E-state index in [4.69, 9.17) is 9.47 Å². The number of amides is 1. The van der Waals surface area contributed by atoms with Gasteiger partial charge in [-0.3, -0.25) is 4.79 Å². The number of nitrogens with one attached hydrogen (secondary N) is 1. The number of fused-ring (bicyclic) bond motifs is 1. The second-order valence-electron chi connectivity index (χ2n) is 6.74. The number of nitrogens with zero attached hydrogens (tertiary/aromatic N) is 2. The summed E-state index contributed by atoms with van der Waals surface area (Å²) < 4.78 is 13.3. The number of para-hydroxylation sites is 1. The molecule has 3 aromatic rings. The SMILES string of the molecule is Cc1cc2ccccc2n1CCNC(=O)c1ccnc(O[C@@H]2CCOC2)c1. The molecule has 1 atom stereocenters. The van der Waals surface area contributed by atoms with Gasteiger partial charge in [-0.25, -0.2) is 4.98 Å². The molecule has 1 fully saturated rings. The summed E-state index contributed by atoms with van der Waals surface area (Å²) in [5.41, 5.74) is 2.92. The van der Waals surface area contributed by atoms with E-state index < -0.39 is 0 Å². The molecule has 27 heavy (non-hydrogen) atoms. The molecule has 140 valence electrons. The number of aryl methyl sites for hydroxylation is 1. The summed E-state index contributed by atoms with van der Waals surface area (Å²) >= 11 is 0. The smallest absolute Gasteiger partial charge is 0.251 e. The van der Waals surface area contributed by atoms with Crippen LogP contribution in [0.25, 0.3) is 10.9 Å². The molecule has 0 aliphatic carbocycles. The molecule has 1 aromatic carbocycles. The van der Waals surface area contributed by atoms with Crippen molar-refractivity contribution in [1.29, 1.82) is 0 Å². The quantitative estimate of drug-likeness (QED) is 0.729. The summed E-state index contributed by atoms with van der Waals surface area (Å²) in [4.78, 5) is 16.7. The molecule has 3 heterocycles. The van der Waals surface area contributed by atoms with Gasteiger partial charge >= 0.3 is 0 Å². The highest BCUT2D eigenvalue weighted by molar-refractivity contribution is 5.94. The lowest BCUT2D eigenvalue weighted by Gasteiger charge is -2.12. The molecule has 1 aliphatic heterocycles. The standard InChI is InChI=1S/C21H23N3O3/c1-15-12-16-4-2-3-5-19(16)24(15)10-9-23-21(25)17-6-8-22-20(13-17)27-18-7-11-26-14-18/h2-6,8,12-13,18H,7,9-11,14H2,1H3,(H,23,25)/t18-/m1/s1. The van der Waals surface area contributed by atoms with Crippen LogP contribution >= 0.6 is 0 Å². The Hall–Kier alpha value is -2.86. The highest BCUT2D eigenvalue weighted by atomic mass is 16.5. The number of hydrogen-bond acceptors (Lipinski definition) is 4. The minimum Gasteiger partial charge on any atom is -0.472 e. The topological polar surface area (TPSA) is 65.4 Å². The molecule has 1 aliphatic rings. The fourth-order valence-corrected chi connectivity index (χ4v) is 3.42. The third-order valence-electron chi connectivity index (χ3n) is 4.81. The third kappa shape index (κ3) is 3.95. The molecule has 1 N–H and O–H groups in total. The van der Waals surface area contributed by atoms with E-state index in [0.717, 1.165) is 13.0 Å². The van der Waals surface area contributed by atoms with Crippen LogP contribution < -0.4 is 10.1 Å². The van der Waals surface area contributed by atoms with E-state index in [-0.39, 0.29) is 12.0 Å². The summed E-state index contributed by atoms with van der Waals surface area (Å²) in [6.45, 7) is 4.63. The van der Waals surface area contributed by atoms with Gasteiger partial charge in [-0.05, 0) is 30.5 Å². The van der Waals surface area contributed by atoms with Crippen molar-refractivity contribution in [3.05, 3.63) is 59.9 Å². The average molecular weight is 365 g/mol. The van der Waals surface area contributed by atoms with Gasteiger partial charge in [-0.15, -0.1) is 0 Å². The van der Waals surface area contributed by atoms with Crippen LogP contribution in [0.1, 0.15) is 22.5 Å². The van der Waals surface area contributed by atoms with Crippen molar-refractivity contribution in [1.82, 2.24) is 14.9 Å². The zero-order chi connectivity index (χ0) is 18.6. The van der Waals surface area contributed by atoms with Crippen molar-refractivity contribution in [2.24, 2.45) is 0 Å². The Morgan fingerprint density at radius 1 is 1.33 bits per heavy atom. The van der Waals surface area contributed by atoms with Crippen molar-refractivity contribution in [3.8, 4) is 5.88 Å². The van der Waals surface area contributed by atoms with Crippen molar-refractivity contribution >= 4 is 16.8 Å². The maximum absolute atomic E-state index is 12.5. The predicted octanol–water partition coefficient (Wildman–Crippen LogP) is 2.94. The predicted molar refractivity (Wildman–Crippen MR) is 103 cm³/mol. The van der Waals surface area contributed by atoms with E-state index in [1.165, 1.54) is 16.6 Å². The molecule has 0 saturated carbocycles. The first-order chi connectivity index (χ1) is 13.2. The van der Waals surface area contributed by atoms with Gasteiger partial charge in [-0.2, -0.15) is 0 Å². The van der Waals surface area contributed by atoms with Crippen LogP contribution in [0, 0.1) is 6.92 Å². The van der Waals surface area contributed by atoms with Crippen molar-refractivity contribution < 1.29 is 14.3 Å². The van der Waals surface area contributed by atoms with Crippen LogP contribution in [0.5, 0.6) is 5.88 Å². The molecule has 0 radical (unpaired) electrons. The van der Waals surface area contributed by atoms with E-state index in [0.29, 0.717) is 31.2 Å². The highest BCUT2D eigenvalue weighted by Gasteiger charge is 2.18. The molecule has 0 spiro atoms. The van der Waals surface area contributed by atoms with Gasteiger partial charge in [0, 0.05) is 48.5 Å². The van der Waals surface area contributed by atoms with Gasteiger partial charge in [0.1, 0.15) is 6.10 Å². The summed E-state index contributed by atoms with van der Waals surface area (Å²) in [6.07, 6.45) is 2.46. The number of hydrogen-bond donors (Lipinski definition) is 1. The second-order valence-corrected chi connectivity index (χ2v) is 6.74. The van der Waals surface area contributed by atoms with Gasteiger partial charge < -0.3 is 19.4 Å². The molecule has 4 rings (SSSR count). The van der Waals surface area contributed by atoms with Crippen LogP contribution in [0.4, 0.5) is 0 Å². The maximum atomic E-state index is 12.5. The number of aromatic nitrogens is 2. The molecule has 2 aromatic heterocycles. The molecule has 1 amide bonds. The van der Waals surface area contributed by atoms with Crippen LogP contribution in [-0.4, -0.2) is 41.3 Å². The zero-order valence-electron chi connectivity index (χ0n) is 15.4. The number of rotatable bonds is 6. The first-order valence-electron chi connectivity index (χ1n) is 9.24. The summed E-state index contributed by atoms with van der Waals surface area (Å²) in [5, 5.41) is 4.20. The number of carbonyl (C=O) groups excluding carboxylic acids is 1. The van der Waals surface area contributed by atoms with Crippen molar-refractivity contribution in [3.63, 3.8) is 0 Å². The van der Waals surface area contributed by atoms with E-state index in [1.807, 2.05) is 12.1 Å². The van der Waals surface area contributed by atoms with Crippen LogP contribution in [0.2, 0.25) is 0 Å². The molecule has 6 heteroatoms. The lowest BCUT2D eigenvalue weighted by molar-refractivity contribution is 0.0950. The largest absolute Gasteiger partial charge is 0.472 e. The number of carbonyl (C=O) groups is 1. The van der Waals surface area contributed by atoms with Crippen LogP contribution in [0.15, 0.2) is 48.7 Å². The molecule has 0 unspecified atom stereocenters. The fraction of sp³-hybridized carbons (Fsp3) is 0.333. The number of ether oxygens (including phenoxy) is 2. The minimum atomic E-state index is -0.126. The molecule has 0 bridgehead atoms. The highest BCUT2D eigenvalue weighted by Crippen LogP contribution is 2.19. The summed E-state index contributed by atoms with van der Waals surface area (Å²) in [7, 11) is 0. The zero-order valence-corrected chi connectivity index (χ0v) is 15.4. The van der Waals surface area contributed by atoms with Crippen LogP contribution in [0.3, 0.4) is 0 Å². The number of benzene rings is 1. The van der Waals surface area contributed by atoms with Crippen LogP contribution in [-0.2, 0) is 11.3 Å². The maximum Gasteiger partial charge on any atom is 0.251 e. The van der Waals surface area contributed by atoms with Crippen molar-refractivity contribution in [2.75, 3.05) is 19.8 Å². The Labute approximate surface area is 158 Å². The fourth-order valence-electron chi connectivity index (χ4n) is 3.42. The lowest BCUT2D eigenvalue weighted by atomic mass is 10.2. The van der Waals surface area contributed by atoms with Gasteiger partial charge in [0.2, 0.25) is 5.88 Å². The van der Waals surface area contributed by atoms with Gasteiger partial charge in [0.25, 0.3) is 5.91 Å². The van der Waals surface area contributed by atoms with Gasteiger partial charge in [0.15, 0.2) is 0 Å². The van der Waals surface area contributed by atoms with E-state index in [1.54, 1.807) is 18.3 Å². The number of pyridine rings is 1. The molecular formula is C21H23N3O3. The molecule has 1 saturated heterocycles. The van der Waals surface area contributed by atoms with E-state index in [9.17, 15) is 4.79 Å². The van der Waals surface area contributed by atoms with E-state index in [2.05, 4.69) is 40.0 Å². The minimum absolute atomic E-state index is 0.0146. The Morgan fingerprint density at radius 2 is 2.22 bits per heavy atom. The lowest BCUT2D eigenvalue weighted by Crippen LogP contribution is -2.27. The first kappa shape index (κ1) is 17.5. The Balaban J connectivity index is 1.37. The Kier molecular flexibility index (Phi) is 5.07. The Bertz CT molecular complexity index is 945. The first-order valence-corrected chi connectivity index (χ1v) is 9.24. The summed E-state index contributed by atoms with van der Waals surface area (Å²) in [5.74, 6) is 0.337. The second kappa shape index (κ2) is 7.80. The van der Waals surface area contributed by atoms with Gasteiger partial charge in [0.05, 0.1) is 13.2 Å². The monoisotopic (exact) mass is 365 g/mol. The summed E-state index contributed by atoms with van der Waals surface area (Å²) in [6, 6.07) is 13.8. The normalized spacial score (nSPS) is 16.6. The third-order valence-corrected chi connectivity index (χ3v) is 4.81. The average Bonchev–Trinajstić information content (AvgIpc) is 3.29. The van der Waals surface area contributed by atoms with Crippen molar-refractivity contribution in [2.45, 2.75) is 26.0 Å². The van der Waals surface area contributed by atoms with Gasteiger partial charge in [-0.1, -0.05) is 18.2 Å². The van der Waals surface area contributed by atoms with E-state index >= 15 is 0 Å². The molecular weight excluding hydrogens is 342 g/mol. The Morgan fingerprint density at radius 3 is 3.07 bits per heavy atom. The molecule has 6 nitrogen and oxygen atoms in total.